The van der Waals surface area contributed by atoms with Gasteiger partial charge in [0.15, 0.2) is 0 Å². The maximum Gasteiger partial charge on any atom is 0.216 e. The van der Waals surface area contributed by atoms with Crippen LogP contribution in [0, 0.1) is 5.92 Å². The number of hydrogen-bond acceptors (Lipinski definition) is 2. The minimum atomic E-state index is 0.0979. The summed E-state index contributed by atoms with van der Waals surface area (Å²) in [4.78, 5) is 13.4. The van der Waals surface area contributed by atoms with E-state index in [1.54, 1.807) is 6.92 Å². The maximum absolute atomic E-state index is 10.8. The Morgan fingerprint density at radius 3 is 3.00 bits per heavy atom. The van der Waals surface area contributed by atoms with E-state index in [-0.39, 0.29) is 5.91 Å². The summed E-state index contributed by atoms with van der Waals surface area (Å²) >= 11 is 0. The van der Waals surface area contributed by atoms with Gasteiger partial charge in [-0.1, -0.05) is 13.3 Å². The zero-order valence-electron chi connectivity index (χ0n) is 10.1. The van der Waals surface area contributed by atoms with E-state index >= 15 is 0 Å². The zero-order chi connectivity index (χ0) is 11.1. The Morgan fingerprint density at radius 2 is 2.33 bits per heavy atom. The van der Waals surface area contributed by atoms with Crippen molar-refractivity contribution in [3.63, 3.8) is 0 Å². The minimum absolute atomic E-state index is 0.0979. The number of carbonyl (C=O) groups excluding carboxylic acids is 1. The van der Waals surface area contributed by atoms with Crippen LogP contribution in [0.1, 0.15) is 39.5 Å². The molecule has 88 valence electrons. The summed E-state index contributed by atoms with van der Waals surface area (Å²) in [5, 5.41) is 2.93. The molecule has 0 bridgehead atoms. The van der Waals surface area contributed by atoms with E-state index in [1.807, 2.05) is 0 Å². The smallest absolute Gasteiger partial charge is 0.216 e. The third-order valence-electron chi connectivity index (χ3n) is 3.07. The van der Waals surface area contributed by atoms with Crippen molar-refractivity contribution in [2.24, 2.45) is 5.92 Å². The second kappa shape index (κ2) is 6.83. The average Bonchev–Trinajstić information content (AvgIpc) is 2.24. The lowest BCUT2D eigenvalue weighted by Crippen LogP contribution is -2.40. The second-order valence-corrected chi connectivity index (χ2v) is 4.60. The molecule has 3 nitrogen and oxygen atoms in total. The maximum atomic E-state index is 10.8. The lowest BCUT2D eigenvalue weighted by Gasteiger charge is -2.32. The molecule has 1 aliphatic rings. The lowest BCUT2D eigenvalue weighted by atomic mass is 9.98. The van der Waals surface area contributed by atoms with Gasteiger partial charge < -0.3 is 10.2 Å². The topological polar surface area (TPSA) is 32.3 Å². The van der Waals surface area contributed by atoms with E-state index < -0.39 is 0 Å². The molecule has 1 heterocycles. The van der Waals surface area contributed by atoms with Gasteiger partial charge in [-0.2, -0.15) is 0 Å². The van der Waals surface area contributed by atoms with Crippen molar-refractivity contribution in [3.05, 3.63) is 0 Å². The van der Waals surface area contributed by atoms with E-state index in [4.69, 9.17) is 0 Å². The van der Waals surface area contributed by atoms with Crippen molar-refractivity contribution >= 4 is 5.91 Å². The van der Waals surface area contributed by atoms with Gasteiger partial charge >= 0.3 is 0 Å². The number of rotatable bonds is 5. The van der Waals surface area contributed by atoms with E-state index in [2.05, 4.69) is 17.1 Å². The molecular formula is C12H24N2O. The Hall–Kier alpha value is -0.570. The Bertz CT molecular complexity index is 194. The van der Waals surface area contributed by atoms with Gasteiger partial charge in [-0.15, -0.1) is 0 Å². The van der Waals surface area contributed by atoms with Gasteiger partial charge in [-0.25, -0.2) is 0 Å². The molecule has 1 rings (SSSR count). The fourth-order valence-corrected chi connectivity index (χ4v) is 2.19. The fraction of sp³-hybridized carbons (Fsp3) is 0.917. The number of likely N-dealkylation sites (tertiary alicyclic amines) is 1. The molecule has 0 aromatic heterocycles. The molecule has 0 radical (unpaired) electrons. The molecule has 1 aliphatic heterocycles. The van der Waals surface area contributed by atoms with Crippen molar-refractivity contribution in [2.45, 2.75) is 39.5 Å². The summed E-state index contributed by atoms with van der Waals surface area (Å²) in [5.41, 5.74) is 0. The van der Waals surface area contributed by atoms with Crippen LogP contribution in [0.5, 0.6) is 0 Å². The summed E-state index contributed by atoms with van der Waals surface area (Å²) in [6, 6.07) is 0. The number of nitrogens with zero attached hydrogens (tertiary/aromatic N) is 1. The number of hydrogen-bond donors (Lipinski definition) is 1. The molecule has 0 spiro atoms. The number of amides is 1. The van der Waals surface area contributed by atoms with Gasteiger partial charge in [0.25, 0.3) is 0 Å². The number of carbonyl (C=O) groups is 1. The van der Waals surface area contributed by atoms with Crippen molar-refractivity contribution in [1.82, 2.24) is 10.2 Å². The standard InChI is InChI=1S/C12H24N2O/c1-3-4-7-14-8-5-6-12(10-14)9-13-11(2)15/h12H,3-10H2,1-2H3,(H,13,15). The van der Waals surface area contributed by atoms with Crippen molar-refractivity contribution in [3.8, 4) is 0 Å². The first-order chi connectivity index (χ1) is 7.22. The van der Waals surface area contributed by atoms with Crippen LogP contribution < -0.4 is 5.32 Å². The van der Waals surface area contributed by atoms with E-state index in [0.29, 0.717) is 5.92 Å². The number of unbranched alkanes of at least 4 members (excludes halogenated alkanes) is 1. The predicted octanol–water partition coefficient (Wildman–Crippen LogP) is 1.63. The molecule has 1 amide bonds. The SMILES string of the molecule is CCCCN1CCCC(CNC(C)=O)C1. The molecule has 0 aromatic carbocycles. The molecular weight excluding hydrogens is 188 g/mol. The zero-order valence-corrected chi connectivity index (χ0v) is 10.1. The number of piperidine rings is 1. The summed E-state index contributed by atoms with van der Waals surface area (Å²) in [6.45, 7) is 8.33. The molecule has 1 N–H and O–H groups in total. The second-order valence-electron chi connectivity index (χ2n) is 4.60. The van der Waals surface area contributed by atoms with Crippen molar-refractivity contribution < 1.29 is 4.79 Å². The van der Waals surface area contributed by atoms with E-state index in [0.717, 1.165) is 6.54 Å². The summed E-state index contributed by atoms with van der Waals surface area (Å²) in [7, 11) is 0. The third kappa shape index (κ3) is 5.17. The summed E-state index contributed by atoms with van der Waals surface area (Å²) in [5.74, 6) is 0.764. The van der Waals surface area contributed by atoms with Crippen LogP contribution in [0.4, 0.5) is 0 Å². The highest BCUT2D eigenvalue weighted by Crippen LogP contribution is 2.15. The Kier molecular flexibility index (Phi) is 5.69. The van der Waals surface area contributed by atoms with Gasteiger partial charge in [-0.3, -0.25) is 4.79 Å². The van der Waals surface area contributed by atoms with Crippen LogP contribution in [0.2, 0.25) is 0 Å². The molecule has 1 atom stereocenters. The highest BCUT2D eigenvalue weighted by atomic mass is 16.1. The molecule has 15 heavy (non-hydrogen) atoms. The van der Waals surface area contributed by atoms with E-state index in [9.17, 15) is 4.79 Å². The Labute approximate surface area is 93.2 Å². The monoisotopic (exact) mass is 212 g/mol. The number of nitrogens with one attached hydrogen (secondary N) is 1. The fourth-order valence-electron chi connectivity index (χ4n) is 2.19. The first-order valence-corrected chi connectivity index (χ1v) is 6.19. The Morgan fingerprint density at radius 1 is 1.53 bits per heavy atom. The summed E-state index contributed by atoms with van der Waals surface area (Å²) < 4.78 is 0. The molecule has 1 unspecified atom stereocenters. The van der Waals surface area contributed by atoms with Gasteiger partial charge in [0, 0.05) is 20.0 Å². The van der Waals surface area contributed by atoms with Crippen LogP contribution in [0.25, 0.3) is 0 Å². The van der Waals surface area contributed by atoms with Crippen LogP contribution in [0.3, 0.4) is 0 Å². The van der Waals surface area contributed by atoms with E-state index in [1.165, 1.54) is 45.3 Å². The van der Waals surface area contributed by atoms with Crippen LogP contribution >= 0.6 is 0 Å². The molecule has 3 heteroatoms. The normalized spacial score (nSPS) is 22.7. The lowest BCUT2D eigenvalue weighted by molar-refractivity contribution is -0.119. The first kappa shape index (κ1) is 12.5. The minimum Gasteiger partial charge on any atom is -0.356 e. The van der Waals surface area contributed by atoms with Gasteiger partial charge in [0.1, 0.15) is 0 Å². The predicted molar refractivity (Wildman–Crippen MR) is 62.8 cm³/mol. The highest BCUT2D eigenvalue weighted by molar-refractivity contribution is 5.72. The molecule has 0 aliphatic carbocycles. The highest BCUT2D eigenvalue weighted by Gasteiger charge is 2.19. The van der Waals surface area contributed by atoms with Crippen molar-refractivity contribution in [1.29, 1.82) is 0 Å². The average molecular weight is 212 g/mol. The quantitative estimate of drug-likeness (QED) is 0.751. The van der Waals surface area contributed by atoms with Gasteiger partial charge in [0.05, 0.1) is 0 Å². The molecule has 1 fully saturated rings. The van der Waals surface area contributed by atoms with Crippen LogP contribution in [-0.2, 0) is 4.79 Å². The molecule has 0 aromatic rings. The van der Waals surface area contributed by atoms with Crippen molar-refractivity contribution in [2.75, 3.05) is 26.2 Å². The van der Waals surface area contributed by atoms with Crippen LogP contribution in [0.15, 0.2) is 0 Å². The van der Waals surface area contributed by atoms with Gasteiger partial charge in [0.2, 0.25) is 5.91 Å². The molecule has 1 saturated heterocycles. The molecule has 0 saturated carbocycles. The largest absolute Gasteiger partial charge is 0.356 e. The van der Waals surface area contributed by atoms with Gasteiger partial charge in [-0.05, 0) is 38.3 Å². The summed E-state index contributed by atoms with van der Waals surface area (Å²) in [6.07, 6.45) is 5.12. The third-order valence-corrected chi connectivity index (χ3v) is 3.07. The first-order valence-electron chi connectivity index (χ1n) is 6.19. The Balaban J connectivity index is 2.19. The van der Waals surface area contributed by atoms with Crippen LogP contribution in [-0.4, -0.2) is 37.0 Å².